The largest absolute Gasteiger partial charge is 0.369 e. The van der Waals surface area contributed by atoms with Crippen molar-refractivity contribution >= 4 is 38.7 Å². The number of halogens is 1. The molecule has 0 aliphatic carbocycles. The first kappa shape index (κ1) is 17.9. The van der Waals surface area contributed by atoms with Gasteiger partial charge in [0.15, 0.2) is 0 Å². The molecule has 1 amide bonds. The molecule has 1 saturated heterocycles. The van der Waals surface area contributed by atoms with Crippen LogP contribution < -0.4 is 10.2 Å². The lowest BCUT2D eigenvalue weighted by Gasteiger charge is -2.34. The summed E-state index contributed by atoms with van der Waals surface area (Å²) in [6.45, 7) is 5.93. The van der Waals surface area contributed by atoms with Crippen LogP contribution in [0.15, 0.2) is 42.5 Å². The lowest BCUT2D eigenvalue weighted by molar-refractivity contribution is 0.103. The van der Waals surface area contributed by atoms with Gasteiger partial charge < -0.3 is 15.1 Å². The molecule has 2 heterocycles. The molecule has 0 atom stereocenters. The number of likely N-dealkylation sites (N-methyl/N-ethyl adjacent to an activating group) is 1. The number of nitrogens with one attached hydrogen (secondary N) is 1. The minimum absolute atomic E-state index is 0.194. The Morgan fingerprint density at radius 1 is 1.07 bits per heavy atom. The Balaban J connectivity index is 1.50. The lowest BCUT2D eigenvalue weighted by Crippen LogP contribution is -2.44. The predicted octanol–water partition coefficient (Wildman–Crippen LogP) is 4.35. The van der Waals surface area contributed by atoms with E-state index in [0.29, 0.717) is 15.8 Å². The number of fused-ring (bicyclic) bond motifs is 1. The minimum Gasteiger partial charge on any atom is -0.369 e. The Bertz CT molecular complexity index is 975. The van der Waals surface area contributed by atoms with Crippen molar-refractivity contribution in [3.8, 4) is 0 Å². The number of nitrogens with zero attached hydrogens (tertiary/aromatic N) is 2. The molecule has 0 radical (unpaired) electrons. The maximum Gasteiger partial charge on any atom is 0.266 e. The molecule has 0 spiro atoms. The van der Waals surface area contributed by atoms with Gasteiger partial charge in [-0.15, -0.1) is 11.3 Å². The van der Waals surface area contributed by atoms with E-state index in [1.54, 1.807) is 13.0 Å². The summed E-state index contributed by atoms with van der Waals surface area (Å²) in [4.78, 5) is 17.9. The first-order valence-corrected chi connectivity index (χ1v) is 9.87. The molecule has 1 fully saturated rings. The summed E-state index contributed by atoms with van der Waals surface area (Å²) < 4.78 is 14.9. The molecule has 1 aromatic heterocycles. The van der Waals surface area contributed by atoms with Crippen LogP contribution in [0.5, 0.6) is 0 Å². The number of hydrogen-bond acceptors (Lipinski definition) is 4. The zero-order valence-corrected chi connectivity index (χ0v) is 16.3. The van der Waals surface area contributed by atoms with E-state index in [1.807, 2.05) is 30.3 Å². The van der Waals surface area contributed by atoms with Crippen LogP contribution in [0.1, 0.15) is 15.2 Å². The van der Waals surface area contributed by atoms with Crippen molar-refractivity contribution in [2.24, 2.45) is 0 Å². The van der Waals surface area contributed by atoms with Crippen molar-refractivity contribution < 1.29 is 9.18 Å². The summed E-state index contributed by atoms with van der Waals surface area (Å²) in [5.74, 6) is -0.475. The highest BCUT2D eigenvalue weighted by atomic mass is 32.1. The quantitative estimate of drug-likeness (QED) is 0.730. The molecule has 6 heteroatoms. The SMILES string of the molecule is Cc1c(C(=O)Nc2ccc(N3CCN(C)CC3)cc2)sc2cccc(F)c12. The van der Waals surface area contributed by atoms with E-state index in [-0.39, 0.29) is 11.7 Å². The zero-order chi connectivity index (χ0) is 19.0. The van der Waals surface area contributed by atoms with E-state index >= 15 is 0 Å². The van der Waals surface area contributed by atoms with E-state index in [9.17, 15) is 9.18 Å². The second-order valence-corrected chi connectivity index (χ2v) is 8.01. The van der Waals surface area contributed by atoms with Crippen LogP contribution in [0.4, 0.5) is 15.8 Å². The van der Waals surface area contributed by atoms with Crippen molar-refractivity contribution in [3.05, 3.63) is 58.7 Å². The number of hydrogen-bond donors (Lipinski definition) is 1. The smallest absolute Gasteiger partial charge is 0.266 e. The average Bonchev–Trinajstić information content (AvgIpc) is 3.01. The molecule has 140 valence electrons. The third kappa shape index (κ3) is 3.55. The van der Waals surface area contributed by atoms with Gasteiger partial charge in [-0.3, -0.25) is 4.79 Å². The molecule has 1 N–H and O–H groups in total. The second-order valence-electron chi connectivity index (χ2n) is 6.96. The Hall–Kier alpha value is -2.44. The first-order valence-electron chi connectivity index (χ1n) is 9.05. The molecule has 4 nitrogen and oxygen atoms in total. The molecule has 2 aromatic carbocycles. The Kier molecular flexibility index (Phi) is 4.85. The first-order chi connectivity index (χ1) is 13.0. The monoisotopic (exact) mass is 383 g/mol. The number of carbonyl (C=O) groups excluding carboxylic acids is 1. The number of benzene rings is 2. The Morgan fingerprint density at radius 3 is 2.44 bits per heavy atom. The van der Waals surface area contributed by atoms with Gasteiger partial charge in [0, 0.05) is 47.6 Å². The molecular weight excluding hydrogens is 361 g/mol. The van der Waals surface area contributed by atoms with Crippen LogP contribution in [0.2, 0.25) is 0 Å². The number of thiophene rings is 1. The third-order valence-corrected chi connectivity index (χ3v) is 6.36. The number of anilines is 2. The highest BCUT2D eigenvalue weighted by Crippen LogP contribution is 2.33. The van der Waals surface area contributed by atoms with E-state index in [2.05, 4.69) is 22.2 Å². The van der Waals surface area contributed by atoms with Crippen molar-refractivity contribution in [1.82, 2.24) is 4.90 Å². The number of carbonyl (C=O) groups is 1. The lowest BCUT2D eigenvalue weighted by atomic mass is 10.1. The van der Waals surface area contributed by atoms with E-state index in [0.717, 1.165) is 36.6 Å². The summed E-state index contributed by atoms with van der Waals surface area (Å²) in [7, 11) is 2.14. The van der Waals surface area contributed by atoms with Gasteiger partial charge in [0.1, 0.15) is 5.82 Å². The highest BCUT2D eigenvalue weighted by Gasteiger charge is 2.18. The van der Waals surface area contributed by atoms with E-state index in [1.165, 1.54) is 23.1 Å². The van der Waals surface area contributed by atoms with Gasteiger partial charge in [-0.25, -0.2) is 4.39 Å². The third-order valence-electron chi connectivity index (χ3n) is 5.10. The van der Waals surface area contributed by atoms with Crippen LogP contribution in [0.25, 0.3) is 10.1 Å². The van der Waals surface area contributed by atoms with Gasteiger partial charge in [0.05, 0.1) is 4.88 Å². The molecule has 4 rings (SSSR count). The van der Waals surface area contributed by atoms with Crippen LogP contribution in [0, 0.1) is 12.7 Å². The molecular formula is C21H22FN3OS. The summed E-state index contributed by atoms with van der Waals surface area (Å²) in [5.41, 5.74) is 2.61. The fourth-order valence-electron chi connectivity index (χ4n) is 3.48. The topological polar surface area (TPSA) is 35.6 Å². The molecule has 0 bridgehead atoms. The standard InChI is InChI=1S/C21H22FN3OS/c1-14-19-17(22)4-3-5-18(19)27-20(14)21(26)23-15-6-8-16(9-7-15)25-12-10-24(2)11-13-25/h3-9H,10-13H2,1-2H3,(H,23,26). The second kappa shape index (κ2) is 7.29. The maximum atomic E-state index is 14.1. The van der Waals surface area contributed by atoms with Gasteiger partial charge in [-0.1, -0.05) is 6.07 Å². The average molecular weight is 383 g/mol. The summed E-state index contributed by atoms with van der Waals surface area (Å²) in [6.07, 6.45) is 0. The Morgan fingerprint density at radius 2 is 1.78 bits per heavy atom. The van der Waals surface area contributed by atoms with Crippen molar-refractivity contribution in [1.29, 1.82) is 0 Å². The molecule has 1 aliphatic rings. The molecule has 3 aromatic rings. The summed E-state index contributed by atoms with van der Waals surface area (Å²) in [6, 6.07) is 12.9. The van der Waals surface area contributed by atoms with Gasteiger partial charge in [0.25, 0.3) is 5.91 Å². The summed E-state index contributed by atoms with van der Waals surface area (Å²) >= 11 is 1.33. The predicted molar refractivity (Wildman–Crippen MR) is 111 cm³/mol. The van der Waals surface area contributed by atoms with Gasteiger partial charge in [-0.2, -0.15) is 0 Å². The van der Waals surface area contributed by atoms with Gasteiger partial charge in [-0.05, 0) is 55.9 Å². The van der Waals surface area contributed by atoms with Crippen LogP contribution in [-0.4, -0.2) is 44.0 Å². The van der Waals surface area contributed by atoms with Gasteiger partial charge >= 0.3 is 0 Å². The zero-order valence-electron chi connectivity index (χ0n) is 15.5. The van der Waals surface area contributed by atoms with Crippen LogP contribution >= 0.6 is 11.3 Å². The van der Waals surface area contributed by atoms with Crippen molar-refractivity contribution in [2.45, 2.75) is 6.92 Å². The molecule has 0 saturated carbocycles. The molecule has 27 heavy (non-hydrogen) atoms. The van der Waals surface area contributed by atoms with E-state index < -0.39 is 0 Å². The fraction of sp³-hybridized carbons (Fsp3) is 0.286. The number of piperazine rings is 1. The fourth-order valence-corrected chi connectivity index (χ4v) is 4.60. The maximum absolute atomic E-state index is 14.1. The minimum atomic E-state index is -0.281. The van der Waals surface area contributed by atoms with Gasteiger partial charge in [0.2, 0.25) is 0 Å². The number of amides is 1. The molecule has 1 aliphatic heterocycles. The number of aryl methyl sites for hydroxylation is 1. The molecule has 0 unspecified atom stereocenters. The summed E-state index contributed by atoms with van der Waals surface area (Å²) in [5, 5.41) is 3.48. The highest BCUT2D eigenvalue weighted by molar-refractivity contribution is 7.21. The number of rotatable bonds is 3. The Labute approximate surface area is 162 Å². The normalized spacial score (nSPS) is 15.3. The van der Waals surface area contributed by atoms with E-state index in [4.69, 9.17) is 0 Å². The van der Waals surface area contributed by atoms with Crippen molar-refractivity contribution in [2.75, 3.05) is 43.4 Å². The van der Waals surface area contributed by atoms with Crippen LogP contribution in [-0.2, 0) is 0 Å². The van der Waals surface area contributed by atoms with Crippen LogP contribution in [0.3, 0.4) is 0 Å². The van der Waals surface area contributed by atoms with Crippen molar-refractivity contribution in [3.63, 3.8) is 0 Å².